The molecule has 0 radical (unpaired) electrons. The van der Waals surface area contributed by atoms with Crippen LogP contribution in [-0.4, -0.2) is 37.0 Å². The maximum atomic E-state index is 12.6. The van der Waals surface area contributed by atoms with E-state index in [1.165, 1.54) is 19.2 Å². The first kappa shape index (κ1) is 16.8. The van der Waals surface area contributed by atoms with Crippen LogP contribution in [0.1, 0.15) is 25.7 Å². The van der Waals surface area contributed by atoms with Crippen molar-refractivity contribution in [2.24, 2.45) is 0 Å². The Morgan fingerprint density at radius 3 is 2.24 bits per heavy atom. The Balaban J connectivity index is 2.34. The Labute approximate surface area is 134 Å². The van der Waals surface area contributed by atoms with E-state index < -0.39 is 15.6 Å². The summed E-state index contributed by atoms with van der Waals surface area (Å²) in [5.74, 6) is 0. The van der Waals surface area contributed by atoms with Gasteiger partial charge in [-0.3, -0.25) is 0 Å². The maximum Gasteiger partial charge on any atom is 0.245 e. The van der Waals surface area contributed by atoms with Gasteiger partial charge in [-0.15, -0.1) is 0 Å². The Bertz CT molecular complexity index is 620. The van der Waals surface area contributed by atoms with Crippen molar-refractivity contribution in [2.45, 2.75) is 36.2 Å². The molecular weight excluding hydrogens is 335 g/mol. The van der Waals surface area contributed by atoms with Crippen LogP contribution in [0.25, 0.3) is 0 Å². The van der Waals surface area contributed by atoms with E-state index in [9.17, 15) is 13.5 Å². The molecule has 0 saturated heterocycles. The van der Waals surface area contributed by atoms with E-state index in [0.29, 0.717) is 18.5 Å². The molecule has 8 heteroatoms. The summed E-state index contributed by atoms with van der Waals surface area (Å²) in [7, 11) is -2.48. The molecular formula is C13H18Cl2N2O3S. The van der Waals surface area contributed by atoms with Gasteiger partial charge in [-0.25, -0.2) is 8.42 Å². The van der Waals surface area contributed by atoms with Crippen molar-refractivity contribution in [2.75, 3.05) is 19.3 Å². The van der Waals surface area contributed by atoms with Crippen LogP contribution < -0.4 is 5.73 Å². The van der Waals surface area contributed by atoms with Gasteiger partial charge < -0.3 is 10.8 Å². The third-order valence-corrected chi connectivity index (χ3v) is 6.47. The minimum absolute atomic E-state index is 0.0202. The molecule has 5 nitrogen and oxygen atoms in total. The molecule has 1 aliphatic carbocycles. The van der Waals surface area contributed by atoms with Gasteiger partial charge in [0, 0.05) is 19.3 Å². The van der Waals surface area contributed by atoms with Gasteiger partial charge in [-0.1, -0.05) is 36.0 Å². The van der Waals surface area contributed by atoms with Crippen molar-refractivity contribution in [3.63, 3.8) is 0 Å². The molecule has 1 aromatic rings. The molecule has 0 amide bonds. The van der Waals surface area contributed by atoms with E-state index in [4.69, 9.17) is 28.9 Å². The molecule has 0 unspecified atom stereocenters. The van der Waals surface area contributed by atoms with Gasteiger partial charge in [0.15, 0.2) is 0 Å². The lowest BCUT2D eigenvalue weighted by atomic mass is 10.0. The third-order valence-electron chi connectivity index (χ3n) is 3.74. The van der Waals surface area contributed by atoms with E-state index in [-0.39, 0.29) is 21.5 Å². The van der Waals surface area contributed by atoms with E-state index in [1.807, 2.05) is 0 Å². The number of hydrogen-bond acceptors (Lipinski definition) is 4. The summed E-state index contributed by atoms with van der Waals surface area (Å²) in [5, 5.41) is 10.3. The van der Waals surface area contributed by atoms with Crippen molar-refractivity contribution in [1.82, 2.24) is 4.31 Å². The molecule has 2 rings (SSSR count). The third kappa shape index (κ3) is 3.46. The summed E-state index contributed by atoms with van der Waals surface area (Å²) in [6, 6.07) is 2.69. The van der Waals surface area contributed by atoms with Crippen LogP contribution in [0.3, 0.4) is 0 Å². The zero-order valence-corrected chi connectivity index (χ0v) is 14.0. The quantitative estimate of drug-likeness (QED) is 0.815. The highest BCUT2D eigenvalue weighted by atomic mass is 35.5. The van der Waals surface area contributed by atoms with Crippen molar-refractivity contribution in [3.8, 4) is 0 Å². The highest BCUT2D eigenvalue weighted by Gasteiger charge is 2.37. The van der Waals surface area contributed by atoms with Crippen LogP contribution in [0.5, 0.6) is 0 Å². The van der Waals surface area contributed by atoms with E-state index in [2.05, 4.69) is 0 Å². The molecule has 0 atom stereocenters. The summed E-state index contributed by atoms with van der Waals surface area (Å²) >= 11 is 12.0. The lowest BCUT2D eigenvalue weighted by molar-refractivity contribution is 0.0333. The molecule has 21 heavy (non-hydrogen) atoms. The Kier molecular flexibility index (Phi) is 4.75. The highest BCUT2D eigenvalue weighted by molar-refractivity contribution is 7.89. The van der Waals surface area contributed by atoms with Gasteiger partial charge in [-0.2, -0.15) is 4.31 Å². The summed E-state index contributed by atoms with van der Waals surface area (Å²) in [4.78, 5) is -0.177. The number of likely N-dealkylation sites (N-methyl/N-ethyl adjacent to an activating group) is 1. The maximum absolute atomic E-state index is 12.6. The number of nitrogens with zero attached hydrogens (tertiary/aromatic N) is 1. The average Bonchev–Trinajstić information content (AvgIpc) is 2.73. The number of anilines is 1. The summed E-state index contributed by atoms with van der Waals surface area (Å²) in [5.41, 5.74) is 4.90. The Morgan fingerprint density at radius 1 is 1.29 bits per heavy atom. The molecule has 1 saturated carbocycles. The summed E-state index contributed by atoms with van der Waals surface area (Å²) < 4.78 is 26.3. The number of hydrogen-bond donors (Lipinski definition) is 2. The van der Waals surface area contributed by atoms with Crippen molar-refractivity contribution >= 4 is 38.9 Å². The van der Waals surface area contributed by atoms with Crippen molar-refractivity contribution in [1.29, 1.82) is 0 Å². The number of benzene rings is 1. The lowest BCUT2D eigenvalue weighted by Crippen LogP contribution is -2.42. The topological polar surface area (TPSA) is 83.6 Å². The predicted octanol–water partition coefficient (Wildman–Crippen LogP) is 2.50. The minimum atomic E-state index is -3.89. The highest BCUT2D eigenvalue weighted by Crippen LogP contribution is 2.36. The molecule has 3 N–H and O–H groups in total. The van der Waals surface area contributed by atoms with Crippen LogP contribution in [0.2, 0.25) is 10.0 Å². The second-order valence-corrected chi connectivity index (χ2v) is 8.30. The minimum Gasteiger partial charge on any atom is -0.399 e. The molecule has 0 spiro atoms. The first-order valence-electron chi connectivity index (χ1n) is 6.59. The zero-order chi connectivity index (χ0) is 15.8. The molecule has 0 bridgehead atoms. The predicted molar refractivity (Wildman–Crippen MR) is 84.1 cm³/mol. The number of halogens is 2. The standard InChI is InChI=1S/C13H18Cl2N2O3S/c1-17(8-13(18)4-2-3-5-13)21(19,20)12-10(14)6-9(16)7-11(12)15/h6-7,18H,2-5,8,16H2,1H3. The number of aliphatic hydroxyl groups is 1. The van der Waals surface area contributed by atoms with Crippen LogP contribution >= 0.6 is 23.2 Å². The van der Waals surface area contributed by atoms with E-state index >= 15 is 0 Å². The fourth-order valence-corrected chi connectivity index (χ4v) is 5.09. The number of nitrogens with two attached hydrogens (primary N) is 1. The Morgan fingerprint density at radius 2 is 1.76 bits per heavy atom. The van der Waals surface area contributed by atoms with Crippen molar-refractivity contribution < 1.29 is 13.5 Å². The molecule has 1 fully saturated rings. The van der Waals surface area contributed by atoms with E-state index in [0.717, 1.165) is 17.1 Å². The van der Waals surface area contributed by atoms with Crippen LogP contribution in [0, 0.1) is 0 Å². The molecule has 1 aromatic carbocycles. The van der Waals surface area contributed by atoms with Crippen LogP contribution in [0.4, 0.5) is 5.69 Å². The number of nitrogen functional groups attached to an aromatic ring is 1. The summed E-state index contributed by atoms with van der Waals surface area (Å²) in [6.45, 7) is 0.0202. The average molecular weight is 353 g/mol. The molecule has 118 valence electrons. The van der Waals surface area contributed by atoms with E-state index in [1.54, 1.807) is 0 Å². The van der Waals surface area contributed by atoms with Gasteiger partial charge in [0.05, 0.1) is 15.6 Å². The van der Waals surface area contributed by atoms with Gasteiger partial charge in [0.1, 0.15) is 4.90 Å². The number of rotatable bonds is 4. The SMILES string of the molecule is CN(CC1(O)CCCC1)S(=O)(=O)c1c(Cl)cc(N)cc1Cl. The van der Waals surface area contributed by atoms with Gasteiger partial charge in [0.25, 0.3) is 0 Å². The smallest absolute Gasteiger partial charge is 0.245 e. The zero-order valence-electron chi connectivity index (χ0n) is 11.6. The summed E-state index contributed by atoms with van der Waals surface area (Å²) in [6.07, 6.45) is 2.98. The second kappa shape index (κ2) is 5.93. The van der Waals surface area contributed by atoms with Crippen LogP contribution in [0.15, 0.2) is 17.0 Å². The van der Waals surface area contributed by atoms with Gasteiger partial charge in [0.2, 0.25) is 10.0 Å². The Hall–Kier alpha value is -0.530. The molecule has 0 aromatic heterocycles. The largest absolute Gasteiger partial charge is 0.399 e. The fourth-order valence-electron chi connectivity index (χ4n) is 2.67. The molecule has 0 aliphatic heterocycles. The normalized spacial score (nSPS) is 18.3. The first-order valence-corrected chi connectivity index (χ1v) is 8.79. The van der Waals surface area contributed by atoms with Crippen molar-refractivity contribution in [3.05, 3.63) is 22.2 Å². The molecule has 0 heterocycles. The second-order valence-electron chi connectivity index (χ2n) is 5.51. The van der Waals surface area contributed by atoms with Gasteiger partial charge in [-0.05, 0) is 25.0 Å². The fraction of sp³-hybridized carbons (Fsp3) is 0.538. The number of sulfonamides is 1. The molecule has 1 aliphatic rings. The lowest BCUT2D eigenvalue weighted by Gasteiger charge is -2.28. The van der Waals surface area contributed by atoms with Crippen LogP contribution in [-0.2, 0) is 10.0 Å². The first-order chi connectivity index (χ1) is 9.66. The monoisotopic (exact) mass is 352 g/mol. The van der Waals surface area contributed by atoms with Gasteiger partial charge >= 0.3 is 0 Å².